The van der Waals surface area contributed by atoms with Gasteiger partial charge in [0.25, 0.3) is 0 Å². The average molecular weight is 413 g/mol. The second kappa shape index (κ2) is 11.2. The van der Waals surface area contributed by atoms with Gasteiger partial charge in [-0.2, -0.15) is 0 Å². The molecule has 0 bridgehead atoms. The fourth-order valence-corrected chi connectivity index (χ4v) is 3.98. The standard InChI is InChI=1S/C25H32N2O.ClH/c1-4-15-26(16-5-2)17-8-9-21-11-13-22(14-12-21)25(28)24-20(3)19-23-10-6-7-18-27(23)24;/h6-7,10-14,18-19H,4-5,8-9,15-17H2,1-3H3;1H. The summed E-state index contributed by atoms with van der Waals surface area (Å²) in [5.74, 6) is 0.0901. The zero-order chi connectivity index (χ0) is 19.9. The number of aromatic nitrogens is 1. The highest BCUT2D eigenvalue weighted by atomic mass is 35.5. The van der Waals surface area contributed by atoms with E-state index in [2.05, 4.69) is 36.9 Å². The lowest BCUT2D eigenvalue weighted by atomic mass is 10.0. The van der Waals surface area contributed by atoms with Gasteiger partial charge in [0.1, 0.15) is 0 Å². The fraction of sp³-hybridized carbons (Fsp3) is 0.400. The second-order valence-electron chi connectivity index (χ2n) is 7.64. The van der Waals surface area contributed by atoms with Crippen molar-refractivity contribution in [3.8, 4) is 0 Å². The molecule has 0 fully saturated rings. The zero-order valence-corrected chi connectivity index (χ0v) is 18.7. The Kier molecular flexibility index (Phi) is 8.94. The monoisotopic (exact) mass is 412 g/mol. The SMILES string of the molecule is CCCN(CCC)CCCc1ccc(C(=O)c2c(C)cc3ccccn23)cc1.Cl. The number of fused-ring (bicyclic) bond motifs is 1. The summed E-state index contributed by atoms with van der Waals surface area (Å²) in [5.41, 5.74) is 4.91. The third-order valence-corrected chi connectivity index (χ3v) is 5.32. The first kappa shape index (κ1) is 23.2. The number of carbonyl (C=O) groups is 1. The highest BCUT2D eigenvalue weighted by molar-refractivity contribution is 6.09. The minimum Gasteiger partial charge on any atom is -0.313 e. The maximum absolute atomic E-state index is 13.1. The molecule has 2 heterocycles. The Balaban J connectivity index is 0.00000300. The number of nitrogens with zero attached hydrogens (tertiary/aromatic N) is 2. The van der Waals surface area contributed by atoms with Crippen LogP contribution in [0.4, 0.5) is 0 Å². The number of ketones is 1. The van der Waals surface area contributed by atoms with Gasteiger partial charge in [-0.25, -0.2) is 0 Å². The van der Waals surface area contributed by atoms with Gasteiger partial charge in [-0.15, -0.1) is 12.4 Å². The van der Waals surface area contributed by atoms with Crippen LogP contribution in [0.1, 0.15) is 60.3 Å². The Labute approximate surface area is 181 Å². The summed E-state index contributed by atoms with van der Waals surface area (Å²) in [6.07, 6.45) is 6.61. The van der Waals surface area contributed by atoms with Crippen LogP contribution in [0, 0.1) is 6.92 Å². The van der Waals surface area contributed by atoms with Crippen LogP contribution in [0.5, 0.6) is 0 Å². The van der Waals surface area contributed by atoms with E-state index >= 15 is 0 Å². The van der Waals surface area contributed by atoms with E-state index < -0.39 is 0 Å². The van der Waals surface area contributed by atoms with Crippen LogP contribution in [0.15, 0.2) is 54.7 Å². The molecule has 3 nitrogen and oxygen atoms in total. The van der Waals surface area contributed by atoms with Crippen molar-refractivity contribution in [1.82, 2.24) is 9.30 Å². The zero-order valence-electron chi connectivity index (χ0n) is 17.9. The minimum atomic E-state index is 0. The van der Waals surface area contributed by atoms with Gasteiger partial charge >= 0.3 is 0 Å². The smallest absolute Gasteiger partial charge is 0.210 e. The average Bonchev–Trinajstić information content (AvgIpc) is 3.04. The lowest BCUT2D eigenvalue weighted by Crippen LogP contribution is -2.26. The van der Waals surface area contributed by atoms with Gasteiger partial charge in [0.15, 0.2) is 0 Å². The minimum absolute atomic E-state index is 0. The molecule has 0 radical (unpaired) electrons. The Morgan fingerprint density at radius 3 is 2.31 bits per heavy atom. The summed E-state index contributed by atoms with van der Waals surface area (Å²) in [5, 5.41) is 0. The van der Waals surface area contributed by atoms with Crippen LogP contribution in [-0.4, -0.2) is 34.7 Å². The largest absolute Gasteiger partial charge is 0.313 e. The molecule has 0 atom stereocenters. The quantitative estimate of drug-likeness (QED) is 0.384. The first-order valence-corrected chi connectivity index (χ1v) is 10.6. The Morgan fingerprint density at radius 2 is 1.66 bits per heavy atom. The molecule has 29 heavy (non-hydrogen) atoms. The molecule has 2 aromatic heterocycles. The number of benzene rings is 1. The summed E-state index contributed by atoms with van der Waals surface area (Å²) in [7, 11) is 0. The van der Waals surface area contributed by atoms with Crippen molar-refractivity contribution < 1.29 is 4.79 Å². The van der Waals surface area contributed by atoms with Gasteiger partial charge in [0.05, 0.1) is 5.69 Å². The fourth-order valence-electron chi connectivity index (χ4n) is 3.98. The number of halogens is 1. The van der Waals surface area contributed by atoms with Gasteiger partial charge in [-0.1, -0.05) is 44.2 Å². The van der Waals surface area contributed by atoms with Crippen molar-refractivity contribution in [2.24, 2.45) is 0 Å². The number of carbonyl (C=O) groups excluding carboxylic acids is 1. The third-order valence-electron chi connectivity index (χ3n) is 5.32. The molecule has 0 amide bonds. The third kappa shape index (κ3) is 5.71. The summed E-state index contributed by atoms with van der Waals surface area (Å²) in [6.45, 7) is 10.0. The van der Waals surface area contributed by atoms with Gasteiger partial charge < -0.3 is 9.30 Å². The molecule has 156 valence electrons. The predicted molar refractivity (Wildman–Crippen MR) is 125 cm³/mol. The van der Waals surface area contributed by atoms with Gasteiger partial charge in [-0.3, -0.25) is 4.79 Å². The van der Waals surface area contributed by atoms with E-state index in [1.165, 1.54) is 31.5 Å². The van der Waals surface area contributed by atoms with E-state index in [0.29, 0.717) is 0 Å². The first-order chi connectivity index (χ1) is 13.6. The lowest BCUT2D eigenvalue weighted by Gasteiger charge is -2.20. The molecule has 3 rings (SSSR count). The van der Waals surface area contributed by atoms with E-state index in [4.69, 9.17) is 0 Å². The van der Waals surface area contributed by atoms with Crippen molar-refractivity contribution in [3.63, 3.8) is 0 Å². The lowest BCUT2D eigenvalue weighted by molar-refractivity contribution is 0.103. The van der Waals surface area contributed by atoms with Gasteiger partial charge in [0, 0.05) is 17.3 Å². The summed E-state index contributed by atoms with van der Waals surface area (Å²) < 4.78 is 1.99. The Hall–Kier alpha value is -2.10. The van der Waals surface area contributed by atoms with Crippen LogP contribution in [0.3, 0.4) is 0 Å². The molecular weight excluding hydrogens is 380 g/mol. The summed E-state index contributed by atoms with van der Waals surface area (Å²) in [6, 6.07) is 16.3. The Morgan fingerprint density at radius 1 is 0.966 bits per heavy atom. The molecule has 0 aliphatic rings. The molecule has 0 N–H and O–H groups in total. The van der Waals surface area contributed by atoms with E-state index in [9.17, 15) is 4.79 Å². The van der Waals surface area contributed by atoms with Crippen molar-refractivity contribution in [1.29, 1.82) is 0 Å². The van der Waals surface area contributed by atoms with Gasteiger partial charge in [-0.05, 0) is 81.6 Å². The number of pyridine rings is 1. The summed E-state index contributed by atoms with van der Waals surface area (Å²) in [4.78, 5) is 15.6. The van der Waals surface area contributed by atoms with Crippen molar-refractivity contribution in [3.05, 3.63) is 77.1 Å². The van der Waals surface area contributed by atoms with Gasteiger partial charge in [0.2, 0.25) is 5.78 Å². The molecule has 0 saturated heterocycles. The molecule has 1 aromatic carbocycles. The first-order valence-electron chi connectivity index (χ1n) is 10.6. The maximum atomic E-state index is 13.1. The molecule has 0 unspecified atom stereocenters. The predicted octanol–water partition coefficient (Wildman–Crippen LogP) is 5.96. The topological polar surface area (TPSA) is 24.7 Å². The highest BCUT2D eigenvalue weighted by Gasteiger charge is 2.16. The van der Waals surface area contributed by atoms with E-state index in [0.717, 1.165) is 41.7 Å². The van der Waals surface area contributed by atoms with E-state index in [-0.39, 0.29) is 18.2 Å². The number of hydrogen-bond acceptors (Lipinski definition) is 2. The second-order valence-corrected chi connectivity index (χ2v) is 7.64. The van der Waals surface area contributed by atoms with E-state index in [1.807, 2.05) is 47.9 Å². The van der Waals surface area contributed by atoms with Crippen LogP contribution in [-0.2, 0) is 6.42 Å². The molecule has 0 aliphatic heterocycles. The van der Waals surface area contributed by atoms with Crippen molar-refractivity contribution >= 4 is 23.7 Å². The molecule has 4 heteroatoms. The van der Waals surface area contributed by atoms with Crippen molar-refractivity contribution in [2.45, 2.75) is 46.5 Å². The molecule has 0 saturated carbocycles. The van der Waals surface area contributed by atoms with Crippen LogP contribution in [0.2, 0.25) is 0 Å². The van der Waals surface area contributed by atoms with E-state index in [1.54, 1.807) is 0 Å². The number of aryl methyl sites for hydroxylation is 2. The molecular formula is C25H33ClN2O. The molecule has 3 aromatic rings. The number of hydrogen-bond donors (Lipinski definition) is 0. The molecule has 0 aliphatic carbocycles. The van der Waals surface area contributed by atoms with Crippen LogP contribution >= 0.6 is 12.4 Å². The molecule has 0 spiro atoms. The van der Waals surface area contributed by atoms with Crippen molar-refractivity contribution in [2.75, 3.05) is 19.6 Å². The van der Waals surface area contributed by atoms with Crippen LogP contribution < -0.4 is 0 Å². The Bertz CT molecular complexity index is 908. The normalized spacial score (nSPS) is 11.0. The van der Waals surface area contributed by atoms with Crippen LogP contribution in [0.25, 0.3) is 5.52 Å². The highest BCUT2D eigenvalue weighted by Crippen LogP contribution is 2.20. The summed E-state index contributed by atoms with van der Waals surface area (Å²) >= 11 is 0. The number of rotatable bonds is 10. The maximum Gasteiger partial charge on any atom is 0.210 e.